The van der Waals surface area contributed by atoms with Crippen LogP contribution in [0.15, 0.2) is 18.2 Å². The summed E-state index contributed by atoms with van der Waals surface area (Å²) in [6.45, 7) is 1.97. The average molecular weight is 271 g/mol. The van der Waals surface area contributed by atoms with Crippen LogP contribution in [0.4, 0.5) is 0 Å². The van der Waals surface area contributed by atoms with E-state index in [0.717, 1.165) is 0 Å². The topological polar surface area (TPSA) is 52.1 Å². The minimum atomic E-state index is -0.591. The van der Waals surface area contributed by atoms with Crippen LogP contribution >= 0.6 is 23.2 Å². The first-order chi connectivity index (χ1) is 8.11. The summed E-state index contributed by atoms with van der Waals surface area (Å²) in [5, 5.41) is 1.32. The van der Waals surface area contributed by atoms with Crippen LogP contribution in [0.25, 0.3) is 10.9 Å². The Labute approximate surface area is 108 Å². The minimum absolute atomic E-state index is 0.0494. The number of rotatable bonds is 2. The Morgan fingerprint density at radius 3 is 2.82 bits per heavy atom. The van der Waals surface area contributed by atoms with Crippen LogP contribution in [0, 0.1) is 0 Å². The molecule has 1 heterocycles. The fourth-order valence-corrected chi connectivity index (χ4v) is 1.75. The van der Waals surface area contributed by atoms with Crippen molar-refractivity contribution in [1.82, 2.24) is 9.97 Å². The Bertz CT molecular complexity index is 587. The highest BCUT2D eigenvalue weighted by Crippen LogP contribution is 2.23. The van der Waals surface area contributed by atoms with E-state index in [1.165, 1.54) is 0 Å². The lowest BCUT2D eigenvalue weighted by atomic mass is 10.2. The third kappa shape index (κ3) is 2.48. The molecule has 2 rings (SSSR count). The number of nitrogens with zero attached hydrogens (tertiary/aromatic N) is 2. The fraction of sp³-hybridized carbons (Fsp3) is 0.182. The van der Waals surface area contributed by atoms with Crippen molar-refractivity contribution in [3.05, 3.63) is 34.2 Å². The molecule has 0 fully saturated rings. The number of halogens is 2. The molecule has 0 saturated carbocycles. The van der Waals surface area contributed by atoms with Crippen LogP contribution in [-0.2, 0) is 4.74 Å². The zero-order valence-electron chi connectivity index (χ0n) is 8.91. The van der Waals surface area contributed by atoms with Crippen molar-refractivity contribution < 1.29 is 9.53 Å². The summed E-state index contributed by atoms with van der Waals surface area (Å²) < 4.78 is 4.81. The second kappa shape index (κ2) is 4.85. The smallest absolute Gasteiger partial charge is 0.376 e. The van der Waals surface area contributed by atoms with E-state index < -0.39 is 5.97 Å². The van der Waals surface area contributed by atoms with E-state index in [1.807, 2.05) is 0 Å². The van der Waals surface area contributed by atoms with E-state index in [-0.39, 0.29) is 17.6 Å². The van der Waals surface area contributed by atoms with E-state index in [4.69, 9.17) is 27.9 Å². The van der Waals surface area contributed by atoms with Crippen LogP contribution in [0.5, 0.6) is 0 Å². The maximum absolute atomic E-state index is 11.5. The fourth-order valence-electron chi connectivity index (χ4n) is 1.35. The van der Waals surface area contributed by atoms with Crippen molar-refractivity contribution in [2.45, 2.75) is 6.92 Å². The molecular formula is C11H8Cl2N2O2. The van der Waals surface area contributed by atoms with Crippen molar-refractivity contribution >= 4 is 40.1 Å². The molecule has 88 valence electrons. The molecule has 0 saturated heterocycles. The second-order valence-corrected chi connectivity index (χ2v) is 4.01. The van der Waals surface area contributed by atoms with Crippen molar-refractivity contribution in [3.8, 4) is 0 Å². The first-order valence-corrected chi connectivity index (χ1v) is 5.67. The maximum atomic E-state index is 11.5. The van der Waals surface area contributed by atoms with Gasteiger partial charge in [-0.25, -0.2) is 14.8 Å². The highest BCUT2D eigenvalue weighted by molar-refractivity contribution is 6.35. The quantitative estimate of drug-likeness (QED) is 0.622. The molecule has 1 aromatic heterocycles. The van der Waals surface area contributed by atoms with Crippen molar-refractivity contribution in [2.24, 2.45) is 0 Å². The Morgan fingerprint density at radius 1 is 1.35 bits per heavy atom. The summed E-state index contributed by atoms with van der Waals surface area (Å²) in [5.41, 5.74) is 0.553. The van der Waals surface area contributed by atoms with Crippen LogP contribution in [0.2, 0.25) is 10.2 Å². The number of carbonyl (C=O) groups excluding carboxylic acids is 1. The van der Waals surface area contributed by atoms with E-state index in [2.05, 4.69) is 9.97 Å². The predicted octanol–water partition coefficient (Wildman–Crippen LogP) is 3.11. The number of hydrogen-bond donors (Lipinski definition) is 0. The summed E-state index contributed by atoms with van der Waals surface area (Å²) in [6.07, 6.45) is 0. The van der Waals surface area contributed by atoms with E-state index >= 15 is 0 Å². The largest absolute Gasteiger partial charge is 0.460 e. The molecule has 2 aromatic rings. The lowest BCUT2D eigenvalue weighted by Gasteiger charge is -2.04. The Kier molecular flexibility index (Phi) is 3.45. The SMILES string of the molecule is CCOC(=O)c1nc(Cl)c2cc(Cl)ccc2n1. The molecule has 0 bridgehead atoms. The van der Waals surface area contributed by atoms with Gasteiger partial charge >= 0.3 is 5.97 Å². The predicted molar refractivity (Wildman–Crippen MR) is 65.5 cm³/mol. The number of aromatic nitrogens is 2. The van der Waals surface area contributed by atoms with Gasteiger partial charge in [-0.1, -0.05) is 23.2 Å². The van der Waals surface area contributed by atoms with Gasteiger partial charge in [-0.15, -0.1) is 0 Å². The molecule has 0 aliphatic carbocycles. The molecule has 0 atom stereocenters. The van der Waals surface area contributed by atoms with Gasteiger partial charge in [-0.2, -0.15) is 0 Å². The molecule has 0 radical (unpaired) electrons. The molecule has 0 amide bonds. The second-order valence-electron chi connectivity index (χ2n) is 3.22. The van der Waals surface area contributed by atoms with E-state index in [9.17, 15) is 4.79 Å². The number of fused-ring (bicyclic) bond motifs is 1. The summed E-state index contributed by atoms with van der Waals surface area (Å²) in [4.78, 5) is 19.4. The van der Waals surface area contributed by atoms with Crippen LogP contribution in [0.3, 0.4) is 0 Å². The molecule has 0 N–H and O–H groups in total. The lowest BCUT2D eigenvalue weighted by Crippen LogP contribution is -2.10. The van der Waals surface area contributed by atoms with Gasteiger partial charge in [0.15, 0.2) is 0 Å². The summed E-state index contributed by atoms with van der Waals surface area (Å²) in [5.74, 6) is -0.641. The summed E-state index contributed by atoms with van der Waals surface area (Å²) in [7, 11) is 0. The molecule has 0 aliphatic rings. The third-order valence-electron chi connectivity index (χ3n) is 2.07. The van der Waals surface area contributed by atoms with Crippen LogP contribution < -0.4 is 0 Å². The number of ether oxygens (including phenoxy) is 1. The van der Waals surface area contributed by atoms with Gasteiger partial charge in [0.2, 0.25) is 5.82 Å². The Balaban J connectivity index is 2.56. The Hall–Kier alpha value is -1.39. The maximum Gasteiger partial charge on any atom is 0.376 e. The van der Waals surface area contributed by atoms with Gasteiger partial charge in [-0.3, -0.25) is 0 Å². The van der Waals surface area contributed by atoms with Gasteiger partial charge in [0.1, 0.15) is 5.15 Å². The summed E-state index contributed by atoms with van der Waals surface area (Å²) in [6, 6.07) is 4.99. The van der Waals surface area contributed by atoms with Crippen molar-refractivity contribution in [2.75, 3.05) is 6.61 Å². The molecule has 0 spiro atoms. The summed E-state index contributed by atoms with van der Waals surface area (Å²) >= 11 is 11.8. The van der Waals surface area contributed by atoms with Crippen molar-refractivity contribution in [3.63, 3.8) is 0 Å². The minimum Gasteiger partial charge on any atom is -0.460 e. The Morgan fingerprint density at radius 2 is 2.12 bits per heavy atom. The molecular weight excluding hydrogens is 263 g/mol. The first-order valence-electron chi connectivity index (χ1n) is 4.91. The standard InChI is InChI=1S/C11H8Cl2N2O2/c1-2-17-11(16)10-14-8-4-3-6(12)5-7(8)9(13)15-10/h3-5H,2H2,1H3. The van der Waals surface area contributed by atoms with E-state index in [1.54, 1.807) is 25.1 Å². The average Bonchev–Trinajstić information content (AvgIpc) is 2.30. The highest BCUT2D eigenvalue weighted by Gasteiger charge is 2.14. The van der Waals surface area contributed by atoms with Crippen LogP contribution in [0.1, 0.15) is 17.5 Å². The zero-order chi connectivity index (χ0) is 12.4. The molecule has 17 heavy (non-hydrogen) atoms. The number of hydrogen-bond acceptors (Lipinski definition) is 4. The number of benzene rings is 1. The lowest BCUT2D eigenvalue weighted by molar-refractivity contribution is 0.0512. The van der Waals surface area contributed by atoms with Crippen molar-refractivity contribution in [1.29, 1.82) is 0 Å². The normalized spacial score (nSPS) is 10.5. The van der Waals surface area contributed by atoms with E-state index in [0.29, 0.717) is 15.9 Å². The van der Waals surface area contributed by atoms with Gasteiger partial charge in [0, 0.05) is 10.4 Å². The third-order valence-corrected chi connectivity index (χ3v) is 2.59. The zero-order valence-corrected chi connectivity index (χ0v) is 10.4. The molecule has 0 aliphatic heterocycles. The number of carbonyl (C=O) groups is 1. The van der Waals surface area contributed by atoms with Gasteiger partial charge in [0.25, 0.3) is 0 Å². The molecule has 6 heteroatoms. The van der Waals surface area contributed by atoms with Gasteiger partial charge in [0.05, 0.1) is 12.1 Å². The number of esters is 1. The van der Waals surface area contributed by atoms with Crippen LogP contribution in [-0.4, -0.2) is 22.5 Å². The monoisotopic (exact) mass is 270 g/mol. The molecule has 4 nitrogen and oxygen atoms in total. The van der Waals surface area contributed by atoms with Gasteiger partial charge < -0.3 is 4.74 Å². The highest BCUT2D eigenvalue weighted by atomic mass is 35.5. The van der Waals surface area contributed by atoms with Gasteiger partial charge in [-0.05, 0) is 25.1 Å². The molecule has 0 unspecified atom stereocenters. The first kappa shape index (κ1) is 12.1. The molecule has 1 aromatic carbocycles.